The van der Waals surface area contributed by atoms with Gasteiger partial charge in [-0.2, -0.15) is 0 Å². The van der Waals surface area contributed by atoms with Crippen molar-refractivity contribution < 1.29 is 22.7 Å². The first kappa shape index (κ1) is 15.7. The number of nitrogens with one attached hydrogen (secondary N) is 1. The number of anilines is 1. The SMILES string of the molecule is CCOC(=O)C1CCCC(Nc2ccc(F)c(F)c2F)C1. The largest absolute Gasteiger partial charge is 0.466 e. The lowest BCUT2D eigenvalue weighted by molar-refractivity contribution is -0.149. The normalized spacial score (nSPS) is 21.9. The van der Waals surface area contributed by atoms with Gasteiger partial charge in [0.15, 0.2) is 17.5 Å². The van der Waals surface area contributed by atoms with Gasteiger partial charge in [-0.25, -0.2) is 13.2 Å². The Morgan fingerprint density at radius 1 is 1.29 bits per heavy atom. The van der Waals surface area contributed by atoms with Crippen molar-refractivity contribution in [1.29, 1.82) is 0 Å². The molecule has 0 bridgehead atoms. The topological polar surface area (TPSA) is 38.3 Å². The molecule has 0 saturated heterocycles. The van der Waals surface area contributed by atoms with Crippen LogP contribution < -0.4 is 5.32 Å². The summed E-state index contributed by atoms with van der Waals surface area (Å²) in [6, 6.07) is 1.89. The van der Waals surface area contributed by atoms with E-state index in [1.165, 1.54) is 6.07 Å². The summed E-state index contributed by atoms with van der Waals surface area (Å²) in [5.74, 6) is -4.42. The van der Waals surface area contributed by atoms with Crippen LogP contribution in [-0.4, -0.2) is 18.6 Å². The summed E-state index contributed by atoms with van der Waals surface area (Å²) >= 11 is 0. The van der Waals surface area contributed by atoms with E-state index in [4.69, 9.17) is 4.74 Å². The van der Waals surface area contributed by atoms with E-state index in [1.807, 2.05) is 0 Å². The Labute approximate surface area is 121 Å². The summed E-state index contributed by atoms with van der Waals surface area (Å²) in [5.41, 5.74) is -0.0802. The molecule has 0 aromatic heterocycles. The lowest BCUT2D eigenvalue weighted by Gasteiger charge is -2.29. The van der Waals surface area contributed by atoms with Crippen LogP contribution in [0.2, 0.25) is 0 Å². The molecule has 2 atom stereocenters. The van der Waals surface area contributed by atoms with E-state index in [-0.39, 0.29) is 23.6 Å². The van der Waals surface area contributed by atoms with Crippen LogP contribution in [0.3, 0.4) is 0 Å². The molecule has 6 heteroatoms. The van der Waals surface area contributed by atoms with Crippen LogP contribution in [0.1, 0.15) is 32.6 Å². The maximum Gasteiger partial charge on any atom is 0.308 e. The first-order chi connectivity index (χ1) is 10.0. The fraction of sp³-hybridized carbons (Fsp3) is 0.533. The first-order valence-electron chi connectivity index (χ1n) is 7.09. The Bertz CT molecular complexity index is 522. The summed E-state index contributed by atoms with van der Waals surface area (Å²) in [7, 11) is 0. The van der Waals surface area contributed by atoms with Crippen LogP contribution >= 0.6 is 0 Å². The van der Waals surface area contributed by atoms with E-state index in [9.17, 15) is 18.0 Å². The molecule has 1 aromatic rings. The van der Waals surface area contributed by atoms with Gasteiger partial charge in [-0.1, -0.05) is 6.42 Å². The lowest BCUT2D eigenvalue weighted by Crippen LogP contribution is -2.32. The average Bonchev–Trinajstić information content (AvgIpc) is 2.48. The Kier molecular flexibility index (Phi) is 5.09. The molecule has 0 aliphatic heterocycles. The molecule has 116 valence electrons. The van der Waals surface area contributed by atoms with Crippen molar-refractivity contribution >= 4 is 11.7 Å². The van der Waals surface area contributed by atoms with E-state index < -0.39 is 17.5 Å². The molecule has 3 nitrogen and oxygen atoms in total. The third-order valence-electron chi connectivity index (χ3n) is 3.69. The minimum absolute atomic E-state index is 0.0802. The van der Waals surface area contributed by atoms with Crippen molar-refractivity contribution in [2.75, 3.05) is 11.9 Å². The molecule has 1 aliphatic carbocycles. The number of esters is 1. The summed E-state index contributed by atoms with van der Waals surface area (Å²) in [4.78, 5) is 11.7. The van der Waals surface area contributed by atoms with Gasteiger partial charge in [0, 0.05) is 6.04 Å². The molecular weight excluding hydrogens is 283 g/mol. The monoisotopic (exact) mass is 301 g/mol. The molecular formula is C15H18F3NO2. The second-order valence-electron chi connectivity index (χ2n) is 5.18. The quantitative estimate of drug-likeness (QED) is 0.681. The standard InChI is InChI=1S/C15H18F3NO2/c1-2-21-15(20)9-4-3-5-10(8-9)19-12-7-6-11(16)13(17)14(12)18/h6-7,9-10,19H,2-5,8H2,1H3. The maximum atomic E-state index is 13.6. The van der Waals surface area contributed by atoms with E-state index in [0.717, 1.165) is 25.3 Å². The zero-order valence-electron chi connectivity index (χ0n) is 11.8. The van der Waals surface area contributed by atoms with Crippen molar-refractivity contribution in [2.45, 2.75) is 38.6 Å². The molecule has 21 heavy (non-hydrogen) atoms. The molecule has 0 heterocycles. The van der Waals surface area contributed by atoms with Crippen LogP contribution in [0.15, 0.2) is 12.1 Å². The molecule has 1 N–H and O–H groups in total. The van der Waals surface area contributed by atoms with Crippen molar-refractivity contribution in [2.24, 2.45) is 5.92 Å². The fourth-order valence-corrected chi connectivity index (χ4v) is 2.65. The fourth-order valence-electron chi connectivity index (χ4n) is 2.65. The van der Waals surface area contributed by atoms with Crippen LogP contribution in [0.25, 0.3) is 0 Å². The van der Waals surface area contributed by atoms with Gasteiger partial charge in [-0.05, 0) is 38.3 Å². The highest BCUT2D eigenvalue weighted by Gasteiger charge is 2.29. The van der Waals surface area contributed by atoms with Crippen LogP contribution in [-0.2, 0) is 9.53 Å². The van der Waals surface area contributed by atoms with Gasteiger partial charge in [0.25, 0.3) is 0 Å². The van der Waals surface area contributed by atoms with E-state index in [0.29, 0.717) is 13.0 Å². The molecule has 1 aromatic carbocycles. The minimum atomic E-state index is -1.49. The van der Waals surface area contributed by atoms with Gasteiger partial charge in [-0.15, -0.1) is 0 Å². The summed E-state index contributed by atoms with van der Waals surface area (Å²) in [5, 5.41) is 2.85. The number of benzene rings is 1. The van der Waals surface area contributed by atoms with Crippen LogP contribution in [0.4, 0.5) is 18.9 Å². The highest BCUT2D eigenvalue weighted by Crippen LogP contribution is 2.29. The molecule has 0 radical (unpaired) electrons. The number of rotatable bonds is 4. The van der Waals surface area contributed by atoms with Gasteiger partial charge >= 0.3 is 5.97 Å². The van der Waals surface area contributed by atoms with E-state index >= 15 is 0 Å². The van der Waals surface area contributed by atoms with Crippen molar-refractivity contribution in [3.63, 3.8) is 0 Å². The maximum absolute atomic E-state index is 13.6. The van der Waals surface area contributed by atoms with Crippen molar-refractivity contribution in [3.8, 4) is 0 Å². The third-order valence-corrected chi connectivity index (χ3v) is 3.69. The molecule has 2 unspecified atom stereocenters. The molecule has 1 fully saturated rings. The molecule has 2 rings (SSSR count). The summed E-state index contributed by atoms with van der Waals surface area (Å²) < 4.78 is 44.7. The van der Waals surface area contributed by atoms with E-state index in [2.05, 4.69) is 5.32 Å². The second-order valence-corrected chi connectivity index (χ2v) is 5.18. The molecule has 0 spiro atoms. The Morgan fingerprint density at radius 2 is 2.05 bits per heavy atom. The third kappa shape index (κ3) is 3.68. The van der Waals surface area contributed by atoms with Gasteiger partial charge in [0.05, 0.1) is 18.2 Å². The summed E-state index contributed by atoms with van der Waals surface area (Å²) in [6.07, 6.45) is 2.77. The van der Waals surface area contributed by atoms with Crippen molar-refractivity contribution in [1.82, 2.24) is 0 Å². The zero-order valence-corrected chi connectivity index (χ0v) is 11.8. The number of halogens is 3. The zero-order chi connectivity index (χ0) is 15.4. The average molecular weight is 301 g/mol. The summed E-state index contributed by atoms with van der Waals surface area (Å²) in [6.45, 7) is 2.07. The number of carbonyl (C=O) groups excluding carboxylic acids is 1. The van der Waals surface area contributed by atoms with Gasteiger partial charge in [0.2, 0.25) is 0 Å². The van der Waals surface area contributed by atoms with Crippen LogP contribution in [0, 0.1) is 23.4 Å². The second kappa shape index (κ2) is 6.83. The van der Waals surface area contributed by atoms with Crippen molar-refractivity contribution in [3.05, 3.63) is 29.6 Å². The predicted octanol–water partition coefficient (Wildman–Crippen LogP) is 3.64. The first-order valence-corrected chi connectivity index (χ1v) is 7.09. The van der Waals surface area contributed by atoms with Gasteiger partial charge in [0.1, 0.15) is 0 Å². The highest BCUT2D eigenvalue weighted by atomic mass is 19.2. The lowest BCUT2D eigenvalue weighted by atomic mass is 9.85. The molecule has 1 aliphatic rings. The minimum Gasteiger partial charge on any atom is -0.466 e. The number of hydrogen-bond acceptors (Lipinski definition) is 3. The number of carbonyl (C=O) groups is 1. The van der Waals surface area contributed by atoms with Gasteiger partial charge in [-0.3, -0.25) is 4.79 Å². The number of hydrogen-bond donors (Lipinski definition) is 1. The smallest absolute Gasteiger partial charge is 0.308 e. The number of ether oxygens (including phenoxy) is 1. The molecule has 1 saturated carbocycles. The molecule has 0 amide bonds. The van der Waals surface area contributed by atoms with Gasteiger partial charge < -0.3 is 10.1 Å². The Hall–Kier alpha value is -1.72. The Morgan fingerprint density at radius 3 is 2.76 bits per heavy atom. The Balaban J connectivity index is 2.03. The van der Waals surface area contributed by atoms with Crippen LogP contribution in [0.5, 0.6) is 0 Å². The van der Waals surface area contributed by atoms with E-state index in [1.54, 1.807) is 6.92 Å². The highest BCUT2D eigenvalue weighted by molar-refractivity contribution is 5.72. The predicted molar refractivity (Wildman–Crippen MR) is 72.3 cm³/mol.